The third kappa shape index (κ3) is 5.13. The molecule has 24 heavy (non-hydrogen) atoms. The van der Waals surface area contributed by atoms with Crippen LogP contribution in [0.2, 0.25) is 0 Å². The van der Waals surface area contributed by atoms with E-state index < -0.39 is 47.3 Å². The van der Waals surface area contributed by atoms with Gasteiger partial charge in [-0.3, -0.25) is 15.5 Å². The lowest BCUT2D eigenvalue weighted by atomic mass is 10.1. The first-order chi connectivity index (χ1) is 11.1. The molecule has 1 rings (SSSR count). The number of hydrazone groups is 1. The zero-order valence-corrected chi connectivity index (χ0v) is 11.9. The second kappa shape index (κ2) is 8.01. The summed E-state index contributed by atoms with van der Waals surface area (Å²) in [5, 5.41) is 50.7. The van der Waals surface area contributed by atoms with Gasteiger partial charge in [0.15, 0.2) is 0 Å². The van der Waals surface area contributed by atoms with E-state index in [1.807, 2.05) is 0 Å². The minimum absolute atomic E-state index is 0.318. The highest BCUT2D eigenvalue weighted by atomic mass is 19.4. The molecule has 0 fully saturated rings. The van der Waals surface area contributed by atoms with Crippen LogP contribution in [0.5, 0.6) is 0 Å². The average molecular weight is 353 g/mol. The molecule has 0 saturated carbocycles. The molecule has 0 heterocycles. The maximum absolute atomic E-state index is 12.5. The van der Waals surface area contributed by atoms with Crippen molar-refractivity contribution in [2.24, 2.45) is 5.10 Å². The summed E-state index contributed by atoms with van der Waals surface area (Å²) in [6.07, 6.45) is -9.25. The lowest BCUT2D eigenvalue weighted by molar-refractivity contribution is -0.384. The summed E-state index contributed by atoms with van der Waals surface area (Å²) in [7, 11) is 0. The largest absolute Gasteiger partial charge is 0.416 e. The van der Waals surface area contributed by atoms with Gasteiger partial charge in [0.1, 0.15) is 24.0 Å². The van der Waals surface area contributed by atoms with Crippen molar-refractivity contribution >= 4 is 17.6 Å². The minimum Gasteiger partial charge on any atom is -0.394 e. The second-order valence-electron chi connectivity index (χ2n) is 4.61. The van der Waals surface area contributed by atoms with Gasteiger partial charge in [0.2, 0.25) is 0 Å². The van der Waals surface area contributed by atoms with Crippen LogP contribution in [0.1, 0.15) is 5.56 Å². The second-order valence-corrected chi connectivity index (χ2v) is 4.61. The zero-order chi connectivity index (χ0) is 18.5. The molecule has 0 saturated heterocycles. The molecule has 0 aromatic heterocycles. The Morgan fingerprint density at radius 2 is 1.96 bits per heavy atom. The monoisotopic (exact) mass is 353 g/mol. The van der Waals surface area contributed by atoms with Gasteiger partial charge in [-0.25, -0.2) is 0 Å². The number of anilines is 1. The van der Waals surface area contributed by atoms with E-state index in [9.17, 15) is 33.5 Å². The molecule has 0 radical (unpaired) electrons. The zero-order valence-electron chi connectivity index (χ0n) is 11.9. The van der Waals surface area contributed by atoms with Crippen molar-refractivity contribution in [3.63, 3.8) is 0 Å². The Labute approximate surface area is 132 Å². The predicted octanol–water partition coefficient (Wildman–Crippen LogP) is 0.0863. The van der Waals surface area contributed by atoms with Crippen LogP contribution < -0.4 is 5.43 Å². The van der Waals surface area contributed by atoms with E-state index >= 15 is 0 Å². The van der Waals surface area contributed by atoms with Gasteiger partial charge < -0.3 is 20.4 Å². The molecule has 1 aromatic rings. The number of nitro benzene ring substituents is 1. The summed E-state index contributed by atoms with van der Waals surface area (Å²) in [4.78, 5) is 9.78. The molecule has 0 bridgehead atoms. The first-order valence-electron chi connectivity index (χ1n) is 6.37. The fourth-order valence-electron chi connectivity index (χ4n) is 1.56. The summed E-state index contributed by atoms with van der Waals surface area (Å²) in [5.74, 6) is 0. The molecule has 9 nitrogen and oxygen atoms in total. The number of nitrogens with zero attached hydrogens (tertiary/aromatic N) is 2. The molecule has 0 aliphatic heterocycles. The molecule has 0 spiro atoms. The van der Waals surface area contributed by atoms with E-state index in [1.54, 1.807) is 0 Å². The van der Waals surface area contributed by atoms with Gasteiger partial charge in [0.05, 0.1) is 23.3 Å². The first-order valence-corrected chi connectivity index (χ1v) is 6.37. The summed E-state index contributed by atoms with van der Waals surface area (Å²) in [5.41, 5.74) is -0.433. The van der Waals surface area contributed by atoms with Crippen molar-refractivity contribution in [3.8, 4) is 0 Å². The number of nitro groups is 1. The van der Waals surface area contributed by atoms with Crippen molar-refractivity contribution in [1.82, 2.24) is 0 Å². The summed E-state index contributed by atoms with van der Waals surface area (Å²) < 4.78 is 37.6. The SMILES string of the molecule is O=[N+]([O-])c1cc(C(F)(F)F)ccc1N/N=C/[C@@H](O)[C@H](O)[C@H](O)CO. The molecule has 0 amide bonds. The summed E-state index contributed by atoms with van der Waals surface area (Å²) in [6, 6.07) is 1.70. The molecular weight excluding hydrogens is 339 g/mol. The number of hydrogen-bond acceptors (Lipinski definition) is 8. The van der Waals surface area contributed by atoms with E-state index in [2.05, 4.69) is 10.5 Å². The number of benzene rings is 1. The molecule has 0 aliphatic carbocycles. The normalized spacial score (nSPS) is 16.0. The van der Waals surface area contributed by atoms with Gasteiger partial charge in [-0.2, -0.15) is 18.3 Å². The third-order valence-corrected chi connectivity index (χ3v) is 2.87. The molecule has 12 heteroatoms. The van der Waals surface area contributed by atoms with Crippen LogP contribution in [-0.2, 0) is 6.18 Å². The quantitative estimate of drug-likeness (QED) is 0.265. The van der Waals surface area contributed by atoms with Crippen molar-refractivity contribution < 1.29 is 38.5 Å². The van der Waals surface area contributed by atoms with Gasteiger partial charge in [0.25, 0.3) is 5.69 Å². The molecule has 134 valence electrons. The standard InChI is InChI=1S/C12H14F3N3O6/c13-12(14,15)6-1-2-7(8(3-6)18(23)24)17-16-4-9(20)11(22)10(21)5-19/h1-4,9-11,17,19-22H,5H2/b16-4+/t9-,10-,11+/m1/s1. The maximum Gasteiger partial charge on any atom is 0.416 e. The highest BCUT2D eigenvalue weighted by Crippen LogP contribution is 2.34. The van der Waals surface area contributed by atoms with Crippen LogP contribution in [-0.4, -0.2) is 56.5 Å². The minimum atomic E-state index is -4.76. The average Bonchev–Trinajstić information content (AvgIpc) is 2.52. The van der Waals surface area contributed by atoms with Gasteiger partial charge >= 0.3 is 6.18 Å². The summed E-state index contributed by atoms with van der Waals surface area (Å²) >= 11 is 0. The molecular formula is C12H14F3N3O6. The van der Waals surface area contributed by atoms with Crippen LogP contribution in [0.3, 0.4) is 0 Å². The smallest absolute Gasteiger partial charge is 0.394 e. The van der Waals surface area contributed by atoms with E-state index in [-0.39, 0.29) is 5.69 Å². The number of nitrogens with one attached hydrogen (secondary N) is 1. The van der Waals surface area contributed by atoms with Gasteiger partial charge in [0, 0.05) is 6.07 Å². The number of hydrogen-bond donors (Lipinski definition) is 5. The van der Waals surface area contributed by atoms with Crippen molar-refractivity contribution in [2.75, 3.05) is 12.0 Å². The fourth-order valence-corrected chi connectivity index (χ4v) is 1.56. The maximum atomic E-state index is 12.5. The lowest BCUT2D eigenvalue weighted by Gasteiger charge is -2.18. The van der Waals surface area contributed by atoms with Crippen LogP contribution in [0, 0.1) is 10.1 Å². The van der Waals surface area contributed by atoms with Crippen LogP contribution in [0.15, 0.2) is 23.3 Å². The predicted molar refractivity (Wildman–Crippen MR) is 75.3 cm³/mol. The lowest BCUT2D eigenvalue weighted by Crippen LogP contribution is -2.40. The van der Waals surface area contributed by atoms with Crippen molar-refractivity contribution in [1.29, 1.82) is 0 Å². The molecule has 0 aliphatic rings. The van der Waals surface area contributed by atoms with Gasteiger partial charge in [-0.15, -0.1) is 0 Å². The summed E-state index contributed by atoms with van der Waals surface area (Å²) in [6.45, 7) is -0.829. The Balaban J connectivity index is 2.92. The highest BCUT2D eigenvalue weighted by molar-refractivity contribution is 5.68. The van der Waals surface area contributed by atoms with Gasteiger partial charge in [-0.1, -0.05) is 0 Å². The number of halogens is 3. The van der Waals surface area contributed by atoms with Crippen LogP contribution in [0.4, 0.5) is 24.5 Å². The van der Waals surface area contributed by atoms with Crippen LogP contribution >= 0.6 is 0 Å². The Kier molecular flexibility index (Phi) is 6.60. The number of aliphatic hydroxyl groups is 4. The third-order valence-electron chi connectivity index (χ3n) is 2.87. The van der Waals surface area contributed by atoms with Crippen molar-refractivity contribution in [3.05, 3.63) is 33.9 Å². The Morgan fingerprint density at radius 3 is 2.46 bits per heavy atom. The number of rotatable bonds is 7. The van der Waals surface area contributed by atoms with E-state index in [1.165, 1.54) is 0 Å². The Bertz CT molecular complexity index is 610. The van der Waals surface area contributed by atoms with Gasteiger partial charge in [-0.05, 0) is 12.1 Å². The molecule has 0 unspecified atom stereocenters. The molecule has 5 N–H and O–H groups in total. The Morgan fingerprint density at radius 1 is 1.33 bits per heavy atom. The van der Waals surface area contributed by atoms with Crippen molar-refractivity contribution in [2.45, 2.75) is 24.5 Å². The first kappa shape index (κ1) is 19.8. The number of aliphatic hydroxyl groups excluding tert-OH is 4. The Hall–Kier alpha value is -2.28. The highest BCUT2D eigenvalue weighted by Gasteiger charge is 2.33. The molecule has 3 atom stereocenters. The fraction of sp³-hybridized carbons (Fsp3) is 0.417. The van der Waals surface area contributed by atoms with E-state index in [0.29, 0.717) is 18.3 Å². The number of alkyl halides is 3. The molecule has 1 aromatic carbocycles. The van der Waals surface area contributed by atoms with Crippen LogP contribution in [0.25, 0.3) is 0 Å². The van der Waals surface area contributed by atoms with E-state index in [0.717, 1.165) is 6.07 Å². The van der Waals surface area contributed by atoms with E-state index in [4.69, 9.17) is 10.2 Å². The topological polar surface area (TPSA) is 148 Å².